The van der Waals surface area contributed by atoms with E-state index in [0.29, 0.717) is 5.56 Å². The number of aromatic hydroxyl groups is 1. The number of nitrogens with zero attached hydrogens (tertiary/aromatic N) is 1. The summed E-state index contributed by atoms with van der Waals surface area (Å²) in [5.41, 5.74) is 2.30. The zero-order chi connectivity index (χ0) is 17.6. The molecule has 2 aromatic carbocycles. The Labute approximate surface area is 135 Å². The summed E-state index contributed by atoms with van der Waals surface area (Å²) in [7, 11) is 0. The minimum Gasteiger partial charge on any atom is -0.508 e. The lowest BCUT2D eigenvalue weighted by atomic mass is 10.2. The van der Waals surface area contributed by atoms with E-state index < -0.39 is 17.6 Å². The van der Waals surface area contributed by atoms with Gasteiger partial charge in [0.05, 0.1) is 18.3 Å². The average Bonchev–Trinajstić information content (AvgIpc) is 2.54. The highest BCUT2D eigenvalue weighted by Crippen LogP contribution is 2.30. The molecule has 2 aromatic rings. The molecule has 8 heteroatoms. The van der Waals surface area contributed by atoms with Crippen LogP contribution in [0.15, 0.2) is 53.6 Å². The molecule has 5 nitrogen and oxygen atoms in total. The Morgan fingerprint density at radius 1 is 1.17 bits per heavy atom. The zero-order valence-corrected chi connectivity index (χ0v) is 12.3. The summed E-state index contributed by atoms with van der Waals surface area (Å²) < 4.78 is 37.7. The number of phenols is 1. The molecule has 0 radical (unpaired) electrons. The molecule has 1 amide bonds. The van der Waals surface area contributed by atoms with Gasteiger partial charge in [0.2, 0.25) is 0 Å². The molecule has 24 heavy (non-hydrogen) atoms. The van der Waals surface area contributed by atoms with Crippen LogP contribution in [0.1, 0.15) is 11.1 Å². The minimum atomic E-state index is -4.44. The number of halogens is 3. The van der Waals surface area contributed by atoms with Gasteiger partial charge in [-0.1, -0.05) is 6.07 Å². The first-order valence-corrected chi connectivity index (χ1v) is 6.86. The molecule has 0 heterocycles. The molecular formula is C16H14F3N3O2. The third-order valence-corrected chi connectivity index (χ3v) is 2.94. The van der Waals surface area contributed by atoms with Gasteiger partial charge in [-0.25, -0.2) is 5.43 Å². The Morgan fingerprint density at radius 2 is 1.88 bits per heavy atom. The van der Waals surface area contributed by atoms with Crippen molar-refractivity contribution in [2.75, 3.05) is 11.9 Å². The smallest absolute Gasteiger partial charge is 0.416 e. The van der Waals surface area contributed by atoms with Crippen molar-refractivity contribution >= 4 is 17.8 Å². The first kappa shape index (κ1) is 17.3. The van der Waals surface area contributed by atoms with E-state index >= 15 is 0 Å². The summed E-state index contributed by atoms with van der Waals surface area (Å²) >= 11 is 0. The highest BCUT2D eigenvalue weighted by molar-refractivity contribution is 5.84. The monoisotopic (exact) mass is 337 g/mol. The number of hydrogen-bond donors (Lipinski definition) is 3. The topological polar surface area (TPSA) is 73.7 Å². The molecule has 0 fully saturated rings. The second kappa shape index (κ2) is 7.49. The zero-order valence-electron chi connectivity index (χ0n) is 12.3. The van der Waals surface area contributed by atoms with E-state index in [1.54, 1.807) is 12.1 Å². The molecule has 0 aliphatic rings. The van der Waals surface area contributed by atoms with Crippen molar-refractivity contribution < 1.29 is 23.1 Å². The van der Waals surface area contributed by atoms with Crippen LogP contribution in [0.25, 0.3) is 0 Å². The fourth-order valence-electron chi connectivity index (χ4n) is 1.77. The quantitative estimate of drug-likeness (QED) is 0.580. The summed E-state index contributed by atoms with van der Waals surface area (Å²) in [5, 5.41) is 15.4. The third-order valence-electron chi connectivity index (χ3n) is 2.94. The number of hydrazone groups is 1. The molecule has 0 aliphatic carbocycles. The maximum absolute atomic E-state index is 12.6. The summed E-state index contributed by atoms with van der Waals surface area (Å²) in [4.78, 5) is 11.6. The van der Waals surface area contributed by atoms with Crippen LogP contribution in [0.4, 0.5) is 18.9 Å². The van der Waals surface area contributed by atoms with Gasteiger partial charge in [0.25, 0.3) is 5.91 Å². The van der Waals surface area contributed by atoms with Crippen molar-refractivity contribution in [1.29, 1.82) is 0 Å². The van der Waals surface area contributed by atoms with Crippen molar-refractivity contribution in [1.82, 2.24) is 5.43 Å². The number of phenolic OH excluding ortho intramolecular Hbond substituents is 1. The largest absolute Gasteiger partial charge is 0.508 e. The molecule has 0 bridgehead atoms. The lowest BCUT2D eigenvalue weighted by Crippen LogP contribution is -2.26. The molecule has 0 aliphatic heterocycles. The van der Waals surface area contributed by atoms with E-state index in [1.807, 2.05) is 0 Å². The Bertz CT molecular complexity index is 728. The predicted molar refractivity (Wildman–Crippen MR) is 83.8 cm³/mol. The van der Waals surface area contributed by atoms with Crippen LogP contribution in [0.2, 0.25) is 0 Å². The number of anilines is 1. The molecule has 126 valence electrons. The van der Waals surface area contributed by atoms with Gasteiger partial charge in [0, 0.05) is 5.69 Å². The fraction of sp³-hybridized carbons (Fsp3) is 0.125. The molecule has 0 aromatic heterocycles. The highest BCUT2D eigenvalue weighted by Gasteiger charge is 2.30. The van der Waals surface area contributed by atoms with Crippen LogP contribution in [-0.4, -0.2) is 23.8 Å². The van der Waals surface area contributed by atoms with Gasteiger partial charge >= 0.3 is 6.18 Å². The van der Waals surface area contributed by atoms with E-state index in [2.05, 4.69) is 15.8 Å². The second-order valence-electron chi connectivity index (χ2n) is 4.82. The van der Waals surface area contributed by atoms with Gasteiger partial charge in [-0.15, -0.1) is 0 Å². The Balaban J connectivity index is 1.84. The van der Waals surface area contributed by atoms with Crippen molar-refractivity contribution in [3.8, 4) is 5.75 Å². The molecule has 0 spiro atoms. The van der Waals surface area contributed by atoms with Gasteiger partial charge in [-0.2, -0.15) is 18.3 Å². The number of hydrogen-bond acceptors (Lipinski definition) is 4. The lowest BCUT2D eigenvalue weighted by molar-refractivity contribution is -0.137. The van der Waals surface area contributed by atoms with Crippen LogP contribution in [0, 0.1) is 0 Å². The highest BCUT2D eigenvalue weighted by atomic mass is 19.4. The number of carbonyl (C=O) groups excluding carboxylic acids is 1. The van der Waals surface area contributed by atoms with Gasteiger partial charge < -0.3 is 10.4 Å². The van der Waals surface area contributed by atoms with Crippen molar-refractivity contribution in [2.45, 2.75) is 6.18 Å². The number of benzene rings is 2. The van der Waals surface area contributed by atoms with E-state index in [1.165, 1.54) is 30.5 Å². The molecule has 3 N–H and O–H groups in total. The Hall–Kier alpha value is -3.03. The van der Waals surface area contributed by atoms with Crippen LogP contribution in [0.3, 0.4) is 0 Å². The van der Waals surface area contributed by atoms with E-state index in [9.17, 15) is 18.0 Å². The van der Waals surface area contributed by atoms with Crippen LogP contribution in [0.5, 0.6) is 5.75 Å². The van der Waals surface area contributed by atoms with E-state index in [0.717, 1.165) is 12.1 Å². The third kappa shape index (κ3) is 5.31. The van der Waals surface area contributed by atoms with Crippen LogP contribution < -0.4 is 10.7 Å². The van der Waals surface area contributed by atoms with Crippen LogP contribution in [-0.2, 0) is 11.0 Å². The normalized spacial score (nSPS) is 11.5. The van der Waals surface area contributed by atoms with Crippen LogP contribution >= 0.6 is 0 Å². The second-order valence-corrected chi connectivity index (χ2v) is 4.82. The summed E-state index contributed by atoms with van der Waals surface area (Å²) in [6, 6.07) is 10.7. The van der Waals surface area contributed by atoms with Gasteiger partial charge in [0.15, 0.2) is 0 Å². The predicted octanol–water partition coefficient (Wildman–Crippen LogP) is 2.97. The van der Waals surface area contributed by atoms with Gasteiger partial charge in [0.1, 0.15) is 5.75 Å². The Kier molecular flexibility index (Phi) is 5.41. The SMILES string of the molecule is O=C(CNc1cccc(C(F)(F)F)c1)NN=Cc1ccc(O)cc1. The Morgan fingerprint density at radius 3 is 2.54 bits per heavy atom. The standard InChI is InChI=1S/C16H14F3N3O2/c17-16(18,19)12-2-1-3-13(8-12)20-10-15(24)22-21-9-11-4-6-14(23)7-5-11/h1-9,20,23H,10H2,(H,22,24). The minimum absolute atomic E-state index is 0.112. The number of carbonyl (C=O) groups is 1. The van der Waals surface area contributed by atoms with E-state index in [4.69, 9.17) is 5.11 Å². The summed E-state index contributed by atoms with van der Waals surface area (Å²) in [6.07, 6.45) is -3.06. The number of rotatable bonds is 5. The fourth-order valence-corrected chi connectivity index (χ4v) is 1.77. The average molecular weight is 337 g/mol. The first-order valence-electron chi connectivity index (χ1n) is 6.86. The summed E-state index contributed by atoms with van der Waals surface area (Å²) in [5.74, 6) is -0.399. The van der Waals surface area contributed by atoms with Crippen molar-refractivity contribution in [3.05, 3.63) is 59.7 Å². The number of alkyl halides is 3. The number of amides is 1. The molecular weight excluding hydrogens is 323 g/mol. The van der Waals surface area contributed by atoms with Gasteiger partial charge in [-0.3, -0.25) is 4.79 Å². The maximum atomic E-state index is 12.6. The lowest BCUT2D eigenvalue weighted by Gasteiger charge is -2.10. The van der Waals surface area contributed by atoms with Gasteiger partial charge in [-0.05, 0) is 48.0 Å². The molecule has 2 rings (SSSR count). The molecule has 0 saturated heterocycles. The maximum Gasteiger partial charge on any atom is 0.416 e. The van der Waals surface area contributed by atoms with E-state index in [-0.39, 0.29) is 18.0 Å². The number of nitrogens with one attached hydrogen (secondary N) is 2. The first-order chi connectivity index (χ1) is 11.3. The molecule has 0 unspecified atom stereocenters. The molecule has 0 saturated carbocycles. The summed E-state index contributed by atoms with van der Waals surface area (Å²) in [6.45, 7) is -0.228. The van der Waals surface area contributed by atoms with Crippen molar-refractivity contribution in [3.63, 3.8) is 0 Å². The van der Waals surface area contributed by atoms with Crippen molar-refractivity contribution in [2.24, 2.45) is 5.10 Å². The molecule has 0 atom stereocenters.